The van der Waals surface area contributed by atoms with E-state index in [1.54, 1.807) is 0 Å². The number of pyridine rings is 1. The second kappa shape index (κ2) is 8.09. The van der Waals surface area contributed by atoms with Crippen molar-refractivity contribution in [3.63, 3.8) is 0 Å². The zero-order chi connectivity index (χ0) is 13.4. The molecule has 0 atom stereocenters. The third kappa shape index (κ3) is 5.05. The van der Waals surface area contributed by atoms with Crippen LogP contribution in [0.3, 0.4) is 0 Å². The maximum atomic E-state index is 4.75. The van der Waals surface area contributed by atoms with Crippen molar-refractivity contribution < 1.29 is 0 Å². The van der Waals surface area contributed by atoms with E-state index in [0.29, 0.717) is 6.04 Å². The number of anilines is 1. The molecule has 102 valence electrons. The molecule has 3 nitrogen and oxygen atoms in total. The lowest BCUT2D eigenvalue weighted by molar-refractivity contribution is 0.580. The van der Waals surface area contributed by atoms with E-state index in [1.165, 1.54) is 0 Å². The standard InChI is InChI=1S/C15H27N3/c1-5-10-18(11-6-2)15-9-7-8-14(17-15)12-16-13(3)4/h7-9,13,16H,5-6,10-12H2,1-4H3. The van der Waals surface area contributed by atoms with Gasteiger partial charge in [0.15, 0.2) is 0 Å². The smallest absolute Gasteiger partial charge is 0.128 e. The first-order valence-electron chi connectivity index (χ1n) is 7.11. The molecule has 1 N–H and O–H groups in total. The first-order valence-corrected chi connectivity index (χ1v) is 7.11. The van der Waals surface area contributed by atoms with Crippen LogP contribution in [-0.4, -0.2) is 24.1 Å². The Morgan fingerprint density at radius 3 is 2.39 bits per heavy atom. The Morgan fingerprint density at radius 1 is 1.17 bits per heavy atom. The predicted octanol–water partition coefficient (Wildman–Crippen LogP) is 3.21. The van der Waals surface area contributed by atoms with Gasteiger partial charge in [0, 0.05) is 25.7 Å². The van der Waals surface area contributed by atoms with Crippen molar-refractivity contribution in [3.05, 3.63) is 23.9 Å². The highest BCUT2D eigenvalue weighted by molar-refractivity contribution is 5.39. The van der Waals surface area contributed by atoms with Gasteiger partial charge in [-0.2, -0.15) is 0 Å². The molecule has 18 heavy (non-hydrogen) atoms. The molecule has 1 heterocycles. The summed E-state index contributed by atoms with van der Waals surface area (Å²) in [4.78, 5) is 7.12. The van der Waals surface area contributed by atoms with Crippen LogP contribution in [0.5, 0.6) is 0 Å². The molecule has 0 radical (unpaired) electrons. The van der Waals surface area contributed by atoms with Crippen LogP contribution >= 0.6 is 0 Å². The van der Waals surface area contributed by atoms with Crippen molar-refractivity contribution >= 4 is 5.82 Å². The largest absolute Gasteiger partial charge is 0.357 e. The second-order valence-corrected chi connectivity index (χ2v) is 5.01. The van der Waals surface area contributed by atoms with Gasteiger partial charge < -0.3 is 10.2 Å². The molecular weight excluding hydrogens is 222 g/mol. The van der Waals surface area contributed by atoms with Gasteiger partial charge in [0.05, 0.1) is 5.69 Å². The Labute approximate surface area is 112 Å². The molecule has 0 aliphatic carbocycles. The number of hydrogen-bond acceptors (Lipinski definition) is 3. The van der Waals surface area contributed by atoms with E-state index in [2.05, 4.69) is 56.1 Å². The van der Waals surface area contributed by atoms with Crippen LogP contribution < -0.4 is 10.2 Å². The van der Waals surface area contributed by atoms with Gasteiger partial charge in [-0.05, 0) is 25.0 Å². The van der Waals surface area contributed by atoms with Gasteiger partial charge in [0.2, 0.25) is 0 Å². The molecular formula is C15H27N3. The Bertz CT molecular complexity index is 330. The maximum absolute atomic E-state index is 4.75. The fourth-order valence-electron chi connectivity index (χ4n) is 1.93. The lowest BCUT2D eigenvalue weighted by Crippen LogP contribution is -2.27. The number of hydrogen-bond donors (Lipinski definition) is 1. The average Bonchev–Trinajstić information content (AvgIpc) is 2.36. The zero-order valence-electron chi connectivity index (χ0n) is 12.2. The van der Waals surface area contributed by atoms with Gasteiger partial charge >= 0.3 is 0 Å². The Kier molecular flexibility index (Phi) is 6.73. The average molecular weight is 249 g/mol. The Balaban J connectivity index is 2.71. The zero-order valence-corrected chi connectivity index (χ0v) is 12.2. The molecule has 3 heteroatoms. The molecule has 1 rings (SSSR count). The first kappa shape index (κ1) is 15.0. The van der Waals surface area contributed by atoms with E-state index in [0.717, 1.165) is 44.0 Å². The lowest BCUT2D eigenvalue weighted by Gasteiger charge is -2.23. The predicted molar refractivity (Wildman–Crippen MR) is 79.0 cm³/mol. The number of aromatic nitrogens is 1. The van der Waals surface area contributed by atoms with Crippen molar-refractivity contribution in [2.24, 2.45) is 0 Å². The molecule has 0 aromatic carbocycles. The fourth-order valence-corrected chi connectivity index (χ4v) is 1.93. The van der Waals surface area contributed by atoms with E-state index >= 15 is 0 Å². The van der Waals surface area contributed by atoms with Crippen LogP contribution in [0.25, 0.3) is 0 Å². The summed E-state index contributed by atoms with van der Waals surface area (Å²) < 4.78 is 0. The topological polar surface area (TPSA) is 28.2 Å². The van der Waals surface area contributed by atoms with Crippen molar-refractivity contribution in [2.45, 2.75) is 53.1 Å². The fraction of sp³-hybridized carbons (Fsp3) is 0.667. The second-order valence-electron chi connectivity index (χ2n) is 5.01. The van der Waals surface area contributed by atoms with E-state index in [1.807, 2.05) is 0 Å². The van der Waals surface area contributed by atoms with Crippen LogP contribution in [0.15, 0.2) is 18.2 Å². The molecule has 0 saturated heterocycles. The number of rotatable bonds is 8. The van der Waals surface area contributed by atoms with Gasteiger partial charge in [-0.15, -0.1) is 0 Å². The molecule has 1 aromatic rings. The maximum Gasteiger partial charge on any atom is 0.128 e. The Hall–Kier alpha value is -1.09. The number of nitrogens with zero attached hydrogens (tertiary/aromatic N) is 2. The molecule has 0 aliphatic heterocycles. The van der Waals surface area contributed by atoms with Gasteiger partial charge in [-0.25, -0.2) is 4.98 Å². The minimum atomic E-state index is 0.498. The summed E-state index contributed by atoms with van der Waals surface area (Å²) in [6.07, 6.45) is 2.33. The summed E-state index contributed by atoms with van der Waals surface area (Å²) in [5.41, 5.74) is 1.12. The SMILES string of the molecule is CCCN(CCC)c1cccc(CNC(C)C)n1. The summed E-state index contributed by atoms with van der Waals surface area (Å²) in [6.45, 7) is 11.8. The van der Waals surface area contributed by atoms with Crippen molar-refractivity contribution in [3.8, 4) is 0 Å². The molecule has 0 saturated carbocycles. The monoisotopic (exact) mass is 249 g/mol. The highest BCUT2D eigenvalue weighted by Crippen LogP contribution is 2.12. The van der Waals surface area contributed by atoms with Crippen molar-refractivity contribution in [1.29, 1.82) is 0 Å². The summed E-state index contributed by atoms with van der Waals surface area (Å²) in [6, 6.07) is 6.81. The molecule has 1 aromatic heterocycles. The van der Waals surface area contributed by atoms with Crippen molar-refractivity contribution in [2.75, 3.05) is 18.0 Å². The van der Waals surface area contributed by atoms with E-state index in [4.69, 9.17) is 4.98 Å². The van der Waals surface area contributed by atoms with Crippen LogP contribution in [-0.2, 0) is 6.54 Å². The van der Waals surface area contributed by atoms with Crippen molar-refractivity contribution in [1.82, 2.24) is 10.3 Å². The summed E-state index contributed by atoms with van der Waals surface area (Å²) in [5.74, 6) is 1.11. The highest BCUT2D eigenvalue weighted by Gasteiger charge is 2.06. The summed E-state index contributed by atoms with van der Waals surface area (Å²) in [5, 5.41) is 3.41. The lowest BCUT2D eigenvalue weighted by atomic mass is 10.3. The third-order valence-corrected chi connectivity index (χ3v) is 2.79. The summed E-state index contributed by atoms with van der Waals surface area (Å²) in [7, 11) is 0. The highest BCUT2D eigenvalue weighted by atomic mass is 15.2. The van der Waals surface area contributed by atoms with Gasteiger partial charge in [0.25, 0.3) is 0 Å². The molecule has 0 aliphatic rings. The normalized spacial score (nSPS) is 10.9. The van der Waals surface area contributed by atoms with Gasteiger partial charge in [0.1, 0.15) is 5.82 Å². The van der Waals surface area contributed by atoms with Crippen LogP contribution in [0.4, 0.5) is 5.82 Å². The molecule has 0 unspecified atom stereocenters. The van der Waals surface area contributed by atoms with E-state index in [9.17, 15) is 0 Å². The van der Waals surface area contributed by atoms with Crippen LogP contribution in [0.2, 0.25) is 0 Å². The Morgan fingerprint density at radius 2 is 1.83 bits per heavy atom. The first-order chi connectivity index (χ1) is 8.67. The van der Waals surface area contributed by atoms with E-state index < -0.39 is 0 Å². The van der Waals surface area contributed by atoms with Crippen LogP contribution in [0.1, 0.15) is 46.2 Å². The van der Waals surface area contributed by atoms with Crippen LogP contribution in [0, 0.1) is 0 Å². The third-order valence-electron chi connectivity index (χ3n) is 2.79. The minimum absolute atomic E-state index is 0.498. The molecule has 0 bridgehead atoms. The molecule has 0 spiro atoms. The quantitative estimate of drug-likeness (QED) is 0.767. The number of nitrogens with one attached hydrogen (secondary N) is 1. The molecule has 0 amide bonds. The van der Waals surface area contributed by atoms with Gasteiger partial charge in [-0.3, -0.25) is 0 Å². The van der Waals surface area contributed by atoms with E-state index in [-0.39, 0.29) is 0 Å². The van der Waals surface area contributed by atoms with Gasteiger partial charge in [-0.1, -0.05) is 33.8 Å². The molecule has 0 fully saturated rings. The minimum Gasteiger partial charge on any atom is -0.357 e. The summed E-state index contributed by atoms with van der Waals surface area (Å²) >= 11 is 0.